The Morgan fingerprint density at radius 3 is 2.69 bits per heavy atom. The van der Waals surface area contributed by atoms with Gasteiger partial charge in [-0.15, -0.1) is 0 Å². The van der Waals surface area contributed by atoms with Gasteiger partial charge in [-0.1, -0.05) is 25.9 Å². The Balaban J connectivity index is 1.72. The van der Waals surface area contributed by atoms with Crippen LogP contribution in [0.4, 0.5) is 0 Å². The van der Waals surface area contributed by atoms with E-state index in [1.165, 1.54) is 18.6 Å². The normalized spacial score (nSPS) is 46.3. The number of rotatable bonds is 3. The van der Waals surface area contributed by atoms with Crippen molar-refractivity contribution in [3.8, 4) is 0 Å². The summed E-state index contributed by atoms with van der Waals surface area (Å²) < 4.78 is 5.11. The molecule has 0 N–H and O–H groups in total. The number of nitrogens with zero attached hydrogens (tertiary/aromatic N) is 1. The molecule has 3 atom stereocenters. The molecule has 0 spiro atoms. The maximum atomic E-state index is 5.42. The van der Waals surface area contributed by atoms with E-state index in [2.05, 4.69) is 25.9 Å². The van der Waals surface area contributed by atoms with E-state index in [0.717, 1.165) is 18.9 Å². The molecule has 0 radical (unpaired) electrons. The van der Waals surface area contributed by atoms with E-state index < -0.39 is 0 Å². The highest BCUT2D eigenvalue weighted by atomic mass is 16.7. The molecule has 3 heteroatoms. The zero-order valence-electron chi connectivity index (χ0n) is 10.5. The summed E-state index contributed by atoms with van der Waals surface area (Å²) in [7, 11) is 0. The van der Waals surface area contributed by atoms with Crippen LogP contribution in [0.3, 0.4) is 0 Å². The molecule has 2 saturated carbocycles. The van der Waals surface area contributed by atoms with Crippen molar-refractivity contribution in [2.24, 2.45) is 21.9 Å². The Morgan fingerprint density at radius 2 is 2.19 bits per heavy atom. The maximum Gasteiger partial charge on any atom is 0.145 e. The van der Waals surface area contributed by atoms with Crippen LogP contribution in [0, 0.1) is 16.7 Å². The summed E-state index contributed by atoms with van der Waals surface area (Å²) in [5.74, 6) is 0.803. The van der Waals surface area contributed by atoms with Crippen molar-refractivity contribution in [1.82, 2.24) is 0 Å². The molecular formula is C13H21NO2. The predicted octanol–water partition coefficient (Wildman–Crippen LogP) is 2.60. The van der Waals surface area contributed by atoms with Gasteiger partial charge in [-0.2, -0.15) is 0 Å². The zero-order valence-corrected chi connectivity index (χ0v) is 10.5. The molecule has 16 heavy (non-hydrogen) atoms. The molecule has 90 valence electrons. The summed E-state index contributed by atoms with van der Waals surface area (Å²) in [6.07, 6.45) is 4.07. The number of fused-ring (bicyclic) bond motifs is 2. The molecule has 0 aromatic heterocycles. The second-order valence-corrected chi connectivity index (χ2v) is 6.28. The average molecular weight is 223 g/mol. The maximum absolute atomic E-state index is 5.42. The lowest BCUT2D eigenvalue weighted by atomic mass is 9.70. The van der Waals surface area contributed by atoms with Gasteiger partial charge in [0.2, 0.25) is 0 Å². The molecule has 0 aromatic rings. The molecule has 1 heterocycles. The minimum atomic E-state index is 0.266. The highest BCUT2D eigenvalue weighted by Gasteiger charge is 2.60. The van der Waals surface area contributed by atoms with Gasteiger partial charge in [0, 0.05) is 5.41 Å². The Morgan fingerprint density at radius 1 is 1.44 bits per heavy atom. The number of ether oxygens (including phenoxy) is 1. The van der Waals surface area contributed by atoms with E-state index in [9.17, 15) is 0 Å². The van der Waals surface area contributed by atoms with E-state index in [1.807, 2.05) is 0 Å². The summed E-state index contributed by atoms with van der Waals surface area (Å²) in [6, 6.07) is 0. The lowest BCUT2D eigenvalue weighted by Crippen LogP contribution is -2.32. The average Bonchev–Trinajstić information content (AvgIpc) is 2.98. The van der Waals surface area contributed by atoms with E-state index >= 15 is 0 Å². The summed E-state index contributed by atoms with van der Waals surface area (Å²) in [5, 5.41) is 4.39. The molecule has 3 aliphatic rings. The van der Waals surface area contributed by atoms with Crippen LogP contribution < -0.4 is 0 Å². The van der Waals surface area contributed by atoms with E-state index in [0.29, 0.717) is 18.1 Å². The van der Waals surface area contributed by atoms with Crippen molar-refractivity contribution in [3.63, 3.8) is 0 Å². The standard InChI is InChI=1S/C13H21NO2/c1-12(2)9-4-5-13(12,3)11(6-9)14-16-8-10-7-15-10/h9-10H,4-8H2,1-3H3. The van der Waals surface area contributed by atoms with Crippen LogP contribution in [0.5, 0.6) is 0 Å². The van der Waals surface area contributed by atoms with Crippen molar-refractivity contribution < 1.29 is 9.57 Å². The van der Waals surface area contributed by atoms with Gasteiger partial charge in [0.25, 0.3) is 0 Å². The van der Waals surface area contributed by atoms with Crippen LogP contribution in [0.1, 0.15) is 40.0 Å². The fraction of sp³-hybridized carbons (Fsp3) is 0.923. The van der Waals surface area contributed by atoms with Gasteiger partial charge in [-0.3, -0.25) is 0 Å². The molecule has 3 unspecified atom stereocenters. The smallest absolute Gasteiger partial charge is 0.145 e. The van der Waals surface area contributed by atoms with Gasteiger partial charge in [0.05, 0.1) is 12.3 Å². The number of epoxide rings is 1. The van der Waals surface area contributed by atoms with Gasteiger partial charge in [-0.25, -0.2) is 0 Å². The van der Waals surface area contributed by atoms with Crippen molar-refractivity contribution in [3.05, 3.63) is 0 Å². The molecule has 0 aromatic carbocycles. The Kier molecular flexibility index (Phi) is 2.13. The van der Waals surface area contributed by atoms with Gasteiger partial charge in [-0.05, 0) is 30.6 Å². The van der Waals surface area contributed by atoms with Crippen molar-refractivity contribution >= 4 is 5.71 Å². The fourth-order valence-corrected chi connectivity index (χ4v) is 3.43. The molecule has 0 amide bonds. The van der Waals surface area contributed by atoms with E-state index in [4.69, 9.17) is 9.57 Å². The summed E-state index contributed by atoms with van der Waals surface area (Å²) in [5.41, 5.74) is 1.95. The van der Waals surface area contributed by atoms with Crippen LogP contribution in [0.2, 0.25) is 0 Å². The Bertz CT molecular complexity index is 333. The third-order valence-electron chi connectivity index (χ3n) is 5.35. The summed E-state index contributed by atoms with van der Waals surface area (Å²) >= 11 is 0. The lowest BCUT2D eigenvalue weighted by molar-refractivity contribution is 0.118. The Labute approximate surface area is 97.2 Å². The van der Waals surface area contributed by atoms with Crippen molar-refractivity contribution in [1.29, 1.82) is 0 Å². The first-order valence-corrected chi connectivity index (χ1v) is 6.35. The first kappa shape index (κ1) is 10.6. The third kappa shape index (κ3) is 1.33. The largest absolute Gasteiger partial charge is 0.393 e. The van der Waals surface area contributed by atoms with Gasteiger partial charge >= 0.3 is 0 Å². The molecule has 2 aliphatic carbocycles. The highest BCUT2D eigenvalue weighted by Crippen LogP contribution is 2.63. The van der Waals surface area contributed by atoms with Crippen LogP contribution >= 0.6 is 0 Å². The highest BCUT2D eigenvalue weighted by molar-refractivity contribution is 5.93. The van der Waals surface area contributed by atoms with Crippen LogP contribution in [0.15, 0.2) is 5.16 Å². The molecule has 2 bridgehead atoms. The molecule has 3 fully saturated rings. The van der Waals surface area contributed by atoms with Gasteiger partial charge < -0.3 is 9.57 Å². The number of hydrogen-bond acceptors (Lipinski definition) is 3. The quantitative estimate of drug-likeness (QED) is 0.544. The topological polar surface area (TPSA) is 34.1 Å². The second-order valence-electron chi connectivity index (χ2n) is 6.28. The molecule has 3 rings (SSSR count). The van der Waals surface area contributed by atoms with Crippen LogP contribution in [-0.2, 0) is 9.57 Å². The van der Waals surface area contributed by atoms with Crippen LogP contribution in [-0.4, -0.2) is 25.0 Å². The van der Waals surface area contributed by atoms with Crippen LogP contribution in [0.25, 0.3) is 0 Å². The monoisotopic (exact) mass is 223 g/mol. The van der Waals surface area contributed by atoms with Gasteiger partial charge in [0.1, 0.15) is 12.7 Å². The SMILES string of the molecule is CC12CCC(CC1=NOCC1CO1)C2(C)C. The summed E-state index contributed by atoms with van der Waals surface area (Å²) in [4.78, 5) is 5.42. The zero-order chi connectivity index (χ0) is 11.4. The minimum absolute atomic E-state index is 0.266. The van der Waals surface area contributed by atoms with Gasteiger partial charge in [0.15, 0.2) is 0 Å². The third-order valence-corrected chi connectivity index (χ3v) is 5.35. The molecule has 1 saturated heterocycles. The number of oxime groups is 1. The summed E-state index contributed by atoms with van der Waals surface area (Å²) in [6.45, 7) is 8.60. The van der Waals surface area contributed by atoms with Crippen molar-refractivity contribution in [2.75, 3.05) is 13.2 Å². The number of hydrogen-bond donors (Lipinski definition) is 0. The first-order chi connectivity index (χ1) is 7.54. The molecule has 3 nitrogen and oxygen atoms in total. The molecular weight excluding hydrogens is 202 g/mol. The first-order valence-electron chi connectivity index (χ1n) is 6.35. The minimum Gasteiger partial charge on any atom is -0.393 e. The fourth-order valence-electron chi connectivity index (χ4n) is 3.43. The predicted molar refractivity (Wildman–Crippen MR) is 62.4 cm³/mol. The molecule has 1 aliphatic heterocycles. The van der Waals surface area contributed by atoms with E-state index in [-0.39, 0.29) is 5.41 Å². The second kappa shape index (κ2) is 3.22. The van der Waals surface area contributed by atoms with E-state index in [1.54, 1.807) is 0 Å². The van der Waals surface area contributed by atoms with Crippen molar-refractivity contribution in [2.45, 2.75) is 46.1 Å². The Hall–Kier alpha value is -0.570. The lowest BCUT2D eigenvalue weighted by Gasteiger charge is -2.34.